The molecule has 1 amide bonds. The summed E-state index contributed by atoms with van der Waals surface area (Å²) in [6, 6.07) is 10.4. The van der Waals surface area contributed by atoms with Crippen molar-refractivity contribution in [2.24, 2.45) is 0 Å². The summed E-state index contributed by atoms with van der Waals surface area (Å²) in [6.45, 7) is 6.72. The van der Waals surface area contributed by atoms with Crippen molar-refractivity contribution in [2.45, 2.75) is 20.0 Å². The van der Waals surface area contributed by atoms with Gasteiger partial charge < -0.3 is 15.4 Å². The van der Waals surface area contributed by atoms with Gasteiger partial charge in [-0.05, 0) is 41.6 Å². The Kier molecular flexibility index (Phi) is 8.26. The summed E-state index contributed by atoms with van der Waals surface area (Å²) in [5, 5.41) is 1.26. The van der Waals surface area contributed by atoms with Crippen molar-refractivity contribution in [3.8, 4) is 0 Å². The van der Waals surface area contributed by atoms with Gasteiger partial charge in [0.25, 0.3) is 0 Å². The van der Waals surface area contributed by atoms with Gasteiger partial charge in [0.15, 0.2) is 0 Å². The number of nitrogens with two attached hydrogens (primary N) is 1. The number of fused-ring (bicyclic) bond motifs is 1. The van der Waals surface area contributed by atoms with Crippen LogP contribution in [0.5, 0.6) is 0 Å². The number of amides is 1. The molecule has 4 rings (SSSR count). The van der Waals surface area contributed by atoms with Gasteiger partial charge in [0.05, 0.1) is 19.8 Å². The van der Waals surface area contributed by atoms with Crippen LogP contribution in [-0.2, 0) is 22.6 Å². The first-order valence-corrected chi connectivity index (χ1v) is 11.3. The summed E-state index contributed by atoms with van der Waals surface area (Å²) in [5.41, 5.74) is 9.18. The Bertz CT molecular complexity index is 1110. The third-order valence-electron chi connectivity index (χ3n) is 5.64. The maximum atomic E-state index is 12.7. The van der Waals surface area contributed by atoms with Crippen LogP contribution in [0.3, 0.4) is 0 Å². The highest BCUT2D eigenvalue weighted by Crippen LogP contribution is 2.31. The minimum atomic E-state index is -0.0385. The molecular formula is C24H29ClN4O2S. The number of nitrogens with zero attached hydrogens (tertiary/aromatic N) is 3. The Labute approximate surface area is 199 Å². The number of halogens is 1. The van der Waals surface area contributed by atoms with E-state index in [9.17, 15) is 4.79 Å². The van der Waals surface area contributed by atoms with Crippen LogP contribution in [0, 0.1) is 6.92 Å². The second-order valence-electron chi connectivity index (χ2n) is 7.88. The van der Waals surface area contributed by atoms with E-state index < -0.39 is 0 Å². The average Bonchev–Trinajstić information content (AvgIpc) is 3.10. The molecule has 1 saturated heterocycles. The lowest BCUT2D eigenvalue weighted by Crippen LogP contribution is -2.35. The van der Waals surface area contributed by atoms with E-state index in [4.69, 9.17) is 10.5 Å². The lowest BCUT2D eigenvalue weighted by molar-refractivity contribution is -0.125. The zero-order valence-corrected chi connectivity index (χ0v) is 20.0. The number of nitrogen functional groups attached to an aromatic ring is 1. The number of likely N-dealkylation sites (N-methyl/N-ethyl adjacent to an activating group) is 1. The van der Waals surface area contributed by atoms with Gasteiger partial charge in [0, 0.05) is 54.1 Å². The van der Waals surface area contributed by atoms with E-state index in [0.29, 0.717) is 12.4 Å². The van der Waals surface area contributed by atoms with E-state index in [1.165, 1.54) is 20.5 Å². The van der Waals surface area contributed by atoms with Crippen molar-refractivity contribution in [1.82, 2.24) is 14.8 Å². The first-order valence-electron chi connectivity index (χ1n) is 10.5. The van der Waals surface area contributed by atoms with Gasteiger partial charge in [-0.3, -0.25) is 9.69 Å². The molecule has 1 aliphatic heterocycles. The molecule has 0 aliphatic carbocycles. The number of benzene rings is 1. The first kappa shape index (κ1) is 24.2. The number of morpholine rings is 1. The van der Waals surface area contributed by atoms with Gasteiger partial charge in [0.2, 0.25) is 5.91 Å². The third kappa shape index (κ3) is 5.66. The first-order chi connectivity index (χ1) is 15.0. The molecule has 8 heteroatoms. The fourth-order valence-corrected chi connectivity index (χ4v) is 4.99. The number of pyridine rings is 1. The zero-order chi connectivity index (χ0) is 21.8. The van der Waals surface area contributed by atoms with Gasteiger partial charge in [-0.1, -0.05) is 18.2 Å². The summed E-state index contributed by atoms with van der Waals surface area (Å²) in [4.78, 5) is 22.3. The van der Waals surface area contributed by atoms with Crippen LogP contribution in [0.4, 0.5) is 5.82 Å². The molecule has 0 spiro atoms. The molecule has 32 heavy (non-hydrogen) atoms. The molecule has 2 aromatic heterocycles. The van der Waals surface area contributed by atoms with Gasteiger partial charge >= 0.3 is 0 Å². The van der Waals surface area contributed by atoms with E-state index in [1.807, 2.05) is 25.3 Å². The number of aryl methyl sites for hydroxylation is 1. The van der Waals surface area contributed by atoms with Crippen molar-refractivity contribution in [1.29, 1.82) is 0 Å². The number of anilines is 1. The molecule has 170 valence electrons. The fraction of sp³-hybridized carbons (Fsp3) is 0.333. The average molecular weight is 473 g/mol. The van der Waals surface area contributed by atoms with Crippen molar-refractivity contribution >= 4 is 51.6 Å². The topological polar surface area (TPSA) is 71.7 Å². The molecule has 0 bridgehead atoms. The van der Waals surface area contributed by atoms with E-state index in [1.54, 1.807) is 28.5 Å². The Morgan fingerprint density at radius 1 is 1.31 bits per heavy atom. The zero-order valence-electron chi connectivity index (χ0n) is 18.4. The standard InChI is InChI=1S/C24H28N4O2S.ClH/c1-17-20-5-3-4-6-21(20)31-22(17)16-27(2)23(29)8-7-18-13-19(24(25)26-14-18)15-28-9-11-30-12-10-28;/h3-8,13-14H,9-12,15-16H2,1-2H3,(H2,25,26);1H. The van der Waals surface area contributed by atoms with Crippen molar-refractivity contribution < 1.29 is 9.53 Å². The molecule has 0 atom stereocenters. The van der Waals surface area contributed by atoms with Crippen LogP contribution >= 0.6 is 23.7 Å². The molecule has 6 nitrogen and oxygen atoms in total. The number of rotatable bonds is 6. The quantitative estimate of drug-likeness (QED) is 0.546. The van der Waals surface area contributed by atoms with E-state index in [0.717, 1.165) is 44.0 Å². The highest BCUT2D eigenvalue weighted by atomic mass is 35.5. The van der Waals surface area contributed by atoms with Crippen LogP contribution in [0.25, 0.3) is 16.2 Å². The van der Waals surface area contributed by atoms with E-state index in [2.05, 4.69) is 35.0 Å². The second kappa shape index (κ2) is 10.9. The highest BCUT2D eigenvalue weighted by molar-refractivity contribution is 7.19. The van der Waals surface area contributed by atoms with E-state index in [-0.39, 0.29) is 18.3 Å². The molecule has 1 fully saturated rings. The Hall–Kier alpha value is -2.45. The van der Waals surface area contributed by atoms with E-state index >= 15 is 0 Å². The summed E-state index contributed by atoms with van der Waals surface area (Å²) >= 11 is 1.75. The number of thiophene rings is 1. The predicted octanol–water partition coefficient (Wildman–Crippen LogP) is 4.11. The van der Waals surface area contributed by atoms with Crippen LogP contribution in [0.15, 0.2) is 42.6 Å². The third-order valence-corrected chi connectivity index (χ3v) is 6.90. The number of carbonyl (C=O) groups excluding carboxylic acids is 1. The molecule has 1 aliphatic rings. The van der Waals surface area contributed by atoms with Crippen LogP contribution in [0.2, 0.25) is 0 Å². The summed E-state index contributed by atoms with van der Waals surface area (Å²) < 4.78 is 6.66. The van der Waals surface area contributed by atoms with Gasteiger partial charge in [-0.15, -0.1) is 23.7 Å². The monoisotopic (exact) mass is 472 g/mol. The Morgan fingerprint density at radius 3 is 2.81 bits per heavy atom. The van der Waals surface area contributed by atoms with Crippen LogP contribution in [0.1, 0.15) is 21.6 Å². The van der Waals surface area contributed by atoms with Crippen LogP contribution < -0.4 is 5.73 Å². The number of carbonyl (C=O) groups is 1. The Morgan fingerprint density at radius 2 is 2.06 bits per heavy atom. The van der Waals surface area contributed by atoms with Crippen LogP contribution in [-0.4, -0.2) is 54.0 Å². The molecule has 3 aromatic rings. The summed E-state index contributed by atoms with van der Waals surface area (Å²) in [6.07, 6.45) is 5.12. The molecular weight excluding hydrogens is 444 g/mol. The Balaban J connectivity index is 0.00000289. The minimum absolute atomic E-state index is 0. The lowest BCUT2D eigenvalue weighted by atomic mass is 10.1. The summed E-state index contributed by atoms with van der Waals surface area (Å²) in [7, 11) is 1.83. The minimum Gasteiger partial charge on any atom is -0.383 e. The largest absolute Gasteiger partial charge is 0.383 e. The van der Waals surface area contributed by atoms with Crippen molar-refractivity contribution in [3.63, 3.8) is 0 Å². The fourth-order valence-electron chi connectivity index (χ4n) is 3.72. The maximum Gasteiger partial charge on any atom is 0.246 e. The smallest absolute Gasteiger partial charge is 0.246 e. The molecule has 0 saturated carbocycles. The molecule has 3 heterocycles. The van der Waals surface area contributed by atoms with Crippen molar-refractivity contribution in [3.05, 3.63) is 64.2 Å². The van der Waals surface area contributed by atoms with Gasteiger partial charge in [0.1, 0.15) is 5.82 Å². The number of hydrogen-bond donors (Lipinski definition) is 1. The molecule has 2 N–H and O–H groups in total. The van der Waals surface area contributed by atoms with Gasteiger partial charge in [-0.2, -0.15) is 0 Å². The summed E-state index contributed by atoms with van der Waals surface area (Å²) in [5.74, 6) is 0.496. The number of ether oxygens (including phenoxy) is 1. The molecule has 0 unspecified atom stereocenters. The lowest BCUT2D eigenvalue weighted by Gasteiger charge is -2.26. The highest BCUT2D eigenvalue weighted by Gasteiger charge is 2.14. The normalized spacial score (nSPS) is 14.6. The number of aromatic nitrogens is 1. The molecule has 0 radical (unpaired) electrons. The SMILES string of the molecule is Cc1c(CN(C)C(=O)C=Cc2cnc(N)c(CN3CCOCC3)c2)sc2ccccc12.Cl. The molecule has 1 aromatic carbocycles. The second-order valence-corrected chi connectivity index (χ2v) is 9.01. The number of hydrogen-bond acceptors (Lipinski definition) is 6. The maximum absolute atomic E-state index is 12.7. The van der Waals surface area contributed by atoms with Crippen molar-refractivity contribution in [2.75, 3.05) is 39.1 Å². The van der Waals surface area contributed by atoms with Gasteiger partial charge in [-0.25, -0.2) is 4.98 Å². The predicted molar refractivity (Wildman–Crippen MR) is 134 cm³/mol.